The number of benzene rings is 1. The molecule has 1 aromatic carbocycles. The van der Waals surface area contributed by atoms with Crippen molar-refractivity contribution in [2.45, 2.75) is 6.61 Å². The lowest BCUT2D eigenvalue weighted by atomic mass is 10.3. The van der Waals surface area contributed by atoms with Gasteiger partial charge in [-0.3, -0.25) is 4.79 Å². The van der Waals surface area contributed by atoms with Crippen molar-refractivity contribution in [2.75, 3.05) is 33.2 Å². The van der Waals surface area contributed by atoms with E-state index in [-0.39, 0.29) is 5.91 Å². The normalized spacial score (nSPS) is 15.7. The molecule has 122 valence electrons. The number of carbonyl (C=O) groups is 1. The monoisotopic (exact) mass is 351 g/mol. The number of nitrogens with zero attached hydrogens (tertiary/aromatic N) is 3. The summed E-state index contributed by atoms with van der Waals surface area (Å²) in [6.07, 6.45) is 0. The number of piperazine rings is 1. The summed E-state index contributed by atoms with van der Waals surface area (Å²) in [6.45, 7) is 3.67. The minimum absolute atomic E-state index is 0.00657. The van der Waals surface area contributed by atoms with E-state index < -0.39 is 0 Å². The number of likely N-dealkylation sites (N-methyl/N-ethyl adjacent to an activating group) is 1. The maximum atomic E-state index is 12.4. The lowest BCUT2D eigenvalue weighted by molar-refractivity contribution is 0.0658. The molecule has 0 aliphatic carbocycles. The zero-order valence-corrected chi connectivity index (χ0v) is 14.4. The molecule has 1 amide bonds. The van der Waals surface area contributed by atoms with Gasteiger partial charge in [0.15, 0.2) is 0 Å². The van der Waals surface area contributed by atoms with Crippen molar-refractivity contribution >= 4 is 28.8 Å². The van der Waals surface area contributed by atoms with Gasteiger partial charge in [0.25, 0.3) is 5.91 Å². The highest BCUT2D eigenvalue weighted by Gasteiger charge is 2.22. The van der Waals surface area contributed by atoms with E-state index >= 15 is 0 Å². The molecular formula is C16H18ClN3O2S. The maximum absolute atomic E-state index is 12.4. The number of halogens is 1. The molecule has 1 aromatic heterocycles. The fourth-order valence-corrected chi connectivity index (χ4v) is 3.13. The van der Waals surface area contributed by atoms with Crippen LogP contribution >= 0.6 is 22.9 Å². The molecule has 0 atom stereocenters. The molecule has 2 heterocycles. The smallest absolute Gasteiger partial charge is 0.273 e. The Balaban J connectivity index is 1.57. The molecule has 0 spiro atoms. The van der Waals surface area contributed by atoms with Gasteiger partial charge < -0.3 is 14.5 Å². The van der Waals surface area contributed by atoms with Crippen LogP contribution in [-0.2, 0) is 6.61 Å². The molecule has 2 aromatic rings. The predicted octanol–water partition coefficient (Wildman–Crippen LogP) is 2.76. The Morgan fingerprint density at radius 1 is 1.26 bits per heavy atom. The SMILES string of the molecule is CN1CCN(C(=O)c2csc(COc3ccc(Cl)cc3)n2)CC1. The number of amides is 1. The molecule has 1 aliphatic rings. The second kappa shape index (κ2) is 7.29. The van der Waals surface area contributed by atoms with E-state index in [0.29, 0.717) is 17.3 Å². The highest BCUT2D eigenvalue weighted by molar-refractivity contribution is 7.09. The zero-order valence-electron chi connectivity index (χ0n) is 12.9. The van der Waals surface area contributed by atoms with Crippen molar-refractivity contribution in [2.24, 2.45) is 0 Å². The number of carbonyl (C=O) groups excluding carboxylic acids is 1. The van der Waals surface area contributed by atoms with Crippen LogP contribution in [0.3, 0.4) is 0 Å². The van der Waals surface area contributed by atoms with Gasteiger partial charge in [0, 0.05) is 36.6 Å². The molecular weight excluding hydrogens is 334 g/mol. The molecule has 0 saturated carbocycles. The second-order valence-electron chi connectivity index (χ2n) is 5.46. The molecule has 0 bridgehead atoms. The Bertz CT molecular complexity index is 666. The van der Waals surface area contributed by atoms with Gasteiger partial charge in [-0.1, -0.05) is 11.6 Å². The van der Waals surface area contributed by atoms with Gasteiger partial charge in [-0.2, -0.15) is 0 Å². The summed E-state index contributed by atoms with van der Waals surface area (Å²) in [4.78, 5) is 20.9. The first-order chi connectivity index (χ1) is 11.1. The summed E-state index contributed by atoms with van der Waals surface area (Å²) in [5.41, 5.74) is 0.509. The average Bonchev–Trinajstić information content (AvgIpc) is 3.03. The van der Waals surface area contributed by atoms with Crippen LogP contribution in [0.15, 0.2) is 29.6 Å². The summed E-state index contributed by atoms with van der Waals surface area (Å²) >= 11 is 7.28. The highest BCUT2D eigenvalue weighted by Crippen LogP contribution is 2.19. The van der Waals surface area contributed by atoms with Crippen LogP contribution in [0.4, 0.5) is 0 Å². The van der Waals surface area contributed by atoms with Crippen LogP contribution in [0.5, 0.6) is 5.75 Å². The molecule has 1 aliphatic heterocycles. The quantitative estimate of drug-likeness (QED) is 0.849. The Hall–Kier alpha value is -1.63. The van der Waals surface area contributed by atoms with Gasteiger partial charge >= 0.3 is 0 Å². The maximum Gasteiger partial charge on any atom is 0.273 e. The molecule has 5 nitrogen and oxygen atoms in total. The van der Waals surface area contributed by atoms with Gasteiger partial charge in [0.05, 0.1) is 0 Å². The van der Waals surface area contributed by atoms with Crippen LogP contribution < -0.4 is 4.74 Å². The Labute approximate surface area is 144 Å². The standard InChI is InChI=1S/C16H18ClN3O2S/c1-19-6-8-20(9-7-19)16(21)14-11-23-15(18-14)10-22-13-4-2-12(17)3-5-13/h2-5,11H,6-10H2,1H3. The van der Waals surface area contributed by atoms with E-state index in [4.69, 9.17) is 16.3 Å². The van der Waals surface area contributed by atoms with E-state index in [1.165, 1.54) is 11.3 Å². The number of ether oxygens (including phenoxy) is 1. The lowest BCUT2D eigenvalue weighted by Gasteiger charge is -2.31. The first-order valence-corrected chi connectivity index (χ1v) is 8.68. The Kier molecular flexibility index (Phi) is 5.15. The van der Waals surface area contributed by atoms with Crippen molar-refractivity contribution < 1.29 is 9.53 Å². The largest absolute Gasteiger partial charge is 0.486 e. The summed E-state index contributed by atoms with van der Waals surface area (Å²) in [5.74, 6) is 0.739. The molecule has 0 radical (unpaired) electrons. The fraction of sp³-hybridized carbons (Fsp3) is 0.375. The number of aromatic nitrogens is 1. The van der Waals surface area contributed by atoms with Gasteiger partial charge in [-0.25, -0.2) is 4.98 Å². The molecule has 0 N–H and O–H groups in total. The molecule has 0 unspecified atom stereocenters. The predicted molar refractivity (Wildman–Crippen MR) is 91.3 cm³/mol. The number of hydrogen-bond donors (Lipinski definition) is 0. The second-order valence-corrected chi connectivity index (χ2v) is 6.84. The van der Waals surface area contributed by atoms with Crippen molar-refractivity contribution in [1.29, 1.82) is 0 Å². The van der Waals surface area contributed by atoms with E-state index in [1.807, 2.05) is 17.0 Å². The summed E-state index contributed by atoms with van der Waals surface area (Å²) in [5, 5.41) is 3.27. The number of rotatable bonds is 4. The molecule has 23 heavy (non-hydrogen) atoms. The summed E-state index contributed by atoms with van der Waals surface area (Å²) in [7, 11) is 2.07. The molecule has 1 fully saturated rings. The average molecular weight is 352 g/mol. The van der Waals surface area contributed by atoms with E-state index in [2.05, 4.69) is 16.9 Å². The van der Waals surface area contributed by atoms with Crippen molar-refractivity contribution in [3.8, 4) is 5.75 Å². The van der Waals surface area contributed by atoms with Gasteiger partial charge in [-0.05, 0) is 31.3 Å². The van der Waals surface area contributed by atoms with Crippen LogP contribution in [0.25, 0.3) is 0 Å². The van der Waals surface area contributed by atoms with E-state index in [0.717, 1.165) is 36.9 Å². The van der Waals surface area contributed by atoms with Crippen molar-refractivity contribution in [1.82, 2.24) is 14.8 Å². The summed E-state index contributed by atoms with van der Waals surface area (Å²) in [6, 6.07) is 7.18. The fourth-order valence-electron chi connectivity index (χ4n) is 2.32. The van der Waals surface area contributed by atoms with Crippen LogP contribution in [0, 0.1) is 0 Å². The Morgan fingerprint density at radius 3 is 2.65 bits per heavy atom. The third kappa shape index (κ3) is 4.22. The van der Waals surface area contributed by atoms with Crippen LogP contribution in [0.2, 0.25) is 5.02 Å². The van der Waals surface area contributed by atoms with E-state index in [9.17, 15) is 4.79 Å². The molecule has 3 rings (SSSR count). The Morgan fingerprint density at radius 2 is 1.96 bits per heavy atom. The van der Waals surface area contributed by atoms with Crippen LogP contribution in [-0.4, -0.2) is 53.9 Å². The topological polar surface area (TPSA) is 45.7 Å². The third-order valence-corrected chi connectivity index (χ3v) is 4.81. The third-order valence-electron chi connectivity index (χ3n) is 3.74. The first-order valence-electron chi connectivity index (χ1n) is 7.42. The molecule has 7 heteroatoms. The van der Waals surface area contributed by atoms with Gasteiger partial charge in [-0.15, -0.1) is 11.3 Å². The lowest BCUT2D eigenvalue weighted by Crippen LogP contribution is -2.47. The van der Waals surface area contributed by atoms with Crippen LogP contribution in [0.1, 0.15) is 15.5 Å². The molecule has 1 saturated heterocycles. The zero-order chi connectivity index (χ0) is 16.2. The van der Waals surface area contributed by atoms with Crippen molar-refractivity contribution in [3.05, 3.63) is 45.4 Å². The van der Waals surface area contributed by atoms with Gasteiger partial charge in [0.1, 0.15) is 23.1 Å². The van der Waals surface area contributed by atoms with E-state index in [1.54, 1.807) is 17.5 Å². The first kappa shape index (κ1) is 16.2. The minimum atomic E-state index is 0.00657. The number of hydrogen-bond acceptors (Lipinski definition) is 5. The van der Waals surface area contributed by atoms with Crippen molar-refractivity contribution in [3.63, 3.8) is 0 Å². The number of thiazole rings is 1. The summed E-state index contributed by atoms with van der Waals surface area (Å²) < 4.78 is 5.66. The minimum Gasteiger partial charge on any atom is -0.486 e. The van der Waals surface area contributed by atoms with Gasteiger partial charge in [0.2, 0.25) is 0 Å². The highest BCUT2D eigenvalue weighted by atomic mass is 35.5.